The fourth-order valence-corrected chi connectivity index (χ4v) is 2.58. The van der Waals surface area contributed by atoms with E-state index in [1.165, 1.54) is 32.1 Å². The Morgan fingerprint density at radius 2 is 2.50 bits per heavy atom. The van der Waals surface area contributed by atoms with Crippen molar-refractivity contribution in [1.82, 2.24) is 0 Å². The predicted octanol–water partition coefficient (Wildman–Crippen LogP) is 2.21. The zero-order chi connectivity index (χ0) is 7.03. The minimum absolute atomic E-state index is 0.788. The first-order valence-corrected chi connectivity index (χ1v) is 4.36. The third-order valence-corrected chi connectivity index (χ3v) is 3.39. The molecule has 2 fully saturated rings. The van der Waals surface area contributed by atoms with Crippen molar-refractivity contribution in [2.45, 2.75) is 32.1 Å². The van der Waals surface area contributed by atoms with Crippen molar-refractivity contribution in [2.24, 2.45) is 11.3 Å². The van der Waals surface area contributed by atoms with Crippen LogP contribution in [0.4, 0.5) is 0 Å². The maximum Gasteiger partial charge on any atom is 0.0467 e. The van der Waals surface area contributed by atoms with E-state index in [9.17, 15) is 0 Å². The summed E-state index contributed by atoms with van der Waals surface area (Å²) in [6, 6.07) is 0. The van der Waals surface area contributed by atoms with Crippen molar-refractivity contribution in [3.05, 3.63) is 0 Å². The Labute approximate surface area is 62.8 Å². The van der Waals surface area contributed by atoms with Crippen LogP contribution in [-0.2, 0) is 4.74 Å². The topological polar surface area (TPSA) is 9.23 Å². The molecule has 0 saturated heterocycles. The molecule has 0 heterocycles. The minimum atomic E-state index is 0.788. The second-order valence-electron chi connectivity index (χ2n) is 3.90. The molecule has 58 valence electrons. The van der Waals surface area contributed by atoms with Gasteiger partial charge >= 0.3 is 0 Å². The molecule has 0 N–H and O–H groups in total. The van der Waals surface area contributed by atoms with Gasteiger partial charge in [-0.1, -0.05) is 6.42 Å². The molecule has 0 bridgehead atoms. The molecule has 2 atom stereocenters. The molecule has 0 aromatic rings. The van der Waals surface area contributed by atoms with Crippen molar-refractivity contribution in [3.8, 4) is 0 Å². The first kappa shape index (κ1) is 6.66. The number of ether oxygens (including phenoxy) is 1. The van der Waals surface area contributed by atoms with Crippen molar-refractivity contribution in [2.75, 3.05) is 13.7 Å². The third kappa shape index (κ3) is 0.878. The predicted molar refractivity (Wildman–Crippen MR) is 40.9 cm³/mol. The summed E-state index contributed by atoms with van der Waals surface area (Å²) in [5.41, 5.74) is 0.788. The number of hydrogen-bond donors (Lipinski definition) is 0. The van der Waals surface area contributed by atoms with Gasteiger partial charge in [0.2, 0.25) is 0 Å². The Hall–Kier alpha value is -0.0400. The van der Waals surface area contributed by atoms with Gasteiger partial charge in [0, 0.05) is 13.7 Å². The Morgan fingerprint density at radius 3 is 3.00 bits per heavy atom. The Bertz CT molecular complexity index is 133. The van der Waals surface area contributed by atoms with Crippen molar-refractivity contribution in [1.29, 1.82) is 0 Å². The second-order valence-corrected chi connectivity index (χ2v) is 3.90. The van der Waals surface area contributed by atoms with Crippen LogP contribution in [0.1, 0.15) is 32.1 Å². The first-order valence-electron chi connectivity index (χ1n) is 4.36. The van der Waals surface area contributed by atoms with E-state index in [4.69, 9.17) is 4.74 Å². The lowest BCUT2D eigenvalue weighted by atomic mass is 10.0. The van der Waals surface area contributed by atoms with E-state index in [1.807, 2.05) is 7.11 Å². The molecular weight excluding hydrogens is 124 g/mol. The number of fused-ring (bicyclic) bond motifs is 1. The SMILES string of the molecule is COCCC12CCCC1C2. The minimum Gasteiger partial charge on any atom is -0.385 e. The summed E-state index contributed by atoms with van der Waals surface area (Å²) in [6.45, 7) is 0.983. The lowest BCUT2D eigenvalue weighted by molar-refractivity contribution is 0.170. The molecule has 2 aliphatic carbocycles. The van der Waals surface area contributed by atoms with Crippen molar-refractivity contribution >= 4 is 0 Å². The van der Waals surface area contributed by atoms with E-state index in [2.05, 4.69) is 0 Å². The smallest absolute Gasteiger partial charge is 0.0467 e. The van der Waals surface area contributed by atoms with Crippen LogP contribution in [0.3, 0.4) is 0 Å². The Balaban J connectivity index is 1.82. The largest absolute Gasteiger partial charge is 0.385 e. The molecule has 2 saturated carbocycles. The highest BCUT2D eigenvalue weighted by molar-refractivity contribution is 5.05. The summed E-state index contributed by atoms with van der Waals surface area (Å²) < 4.78 is 5.10. The van der Waals surface area contributed by atoms with Gasteiger partial charge in [-0.05, 0) is 37.0 Å². The lowest BCUT2D eigenvalue weighted by Gasteiger charge is -2.09. The summed E-state index contributed by atoms with van der Waals surface area (Å²) in [6.07, 6.45) is 7.31. The molecular formula is C9H16O. The average molecular weight is 140 g/mol. The van der Waals surface area contributed by atoms with E-state index >= 15 is 0 Å². The highest BCUT2D eigenvalue weighted by Crippen LogP contribution is 2.65. The van der Waals surface area contributed by atoms with Crippen LogP contribution in [0.2, 0.25) is 0 Å². The standard InChI is InChI=1S/C9H16O/c1-10-6-5-9-4-2-3-8(9)7-9/h8H,2-7H2,1H3. The van der Waals surface area contributed by atoms with E-state index in [0.29, 0.717) is 0 Å². The molecule has 0 amide bonds. The first-order chi connectivity index (χ1) is 4.87. The molecule has 2 rings (SSSR count). The molecule has 0 radical (unpaired) electrons. The van der Waals surface area contributed by atoms with Gasteiger partial charge < -0.3 is 4.74 Å². The fraction of sp³-hybridized carbons (Fsp3) is 1.00. The summed E-state index contributed by atoms with van der Waals surface area (Å²) in [5.74, 6) is 1.10. The zero-order valence-electron chi connectivity index (χ0n) is 6.73. The van der Waals surface area contributed by atoms with Gasteiger partial charge in [0.1, 0.15) is 0 Å². The summed E-state index contributed by atoms with van der Waals surface area (Å²) in [5, 5.41) is 0. The number of methoxy groups -OCH3 is 1. The Kier molecular flexibility index (Phi) is 1.48. The molecule has 1 nitrogen and oxygen atoms in total. The van der Waals surface area contributed by atoms with Gasteiger partial charge in [-0.15, -0.1) is 0 Å². The maximum absolute atomic E-state index is 5.10. The normalized spacial score (nSPS) is 43.5. The van der Waals surface area contributed by atoms with Gasteiger partial charge in [0.05, 0.1) is 0 Å². The van der Waals surface area contributed by atoms with Gasteiger partial charge in [0.15, 0.2) is 0 Å². The van der Waals surface area contributed by atoms with Crippen LogP contribution >= 0.6 is 0 Å². The average Bonchev–Trinajstić information content (AvgIpc) is 2.51. The zero-order valence-corrected chi connectivity index (χ0v) is 6.73. The quantitative estimate of drug-likeness (QED) is 0.584. The monoisotopic (exact) mass is 140 g/mol. The van der Waals surface area contributed by atoms with E-state index in [-0.39, 0.29) is 0 Å². The lowest BCUT2D eigenvalue weighted by Crippen LogP contribution is -2.02. The molecule has 2 aliphatic rings. The molecule has 0 aromatic carbocycles. The molecule has 2 unspecified atom stereocenters. The van der Waals surface area contributed by atoms with Crippen LogP contribution in [0.25, 0.3) is 0 Å². The van der Waals surface area contributed by atoms with Crippen molar-refractivity contribution < 1.29 is 4.74 Å². The molecule has 0 aliphatic heterocycles. The number of hydrogen-bond acceptors (Lipinski definition) is 1. The van der Waals surface area contributed by atoms with Gasteiger partial charge in [-0.25, -0.2) is 0 Å². The summed E-state index contributed by atoms with van der Waals surface area (Å²) in [4.78, 5) is 0. The van der Waals surface area contributed by atoms with Gasteiger partial charge in [0.25, 0.3) is 0 Å². The molecule has 10 heavy (non-hydrogen) atoms. The molecule has 0 aromatic heterocycles. The van der Waals surface area contributed by atoms with E-state index in [0.717, 1.165) is 17.9 Å². The van der Waals surface area contributed by atoms with E-state index < -0.39 is 0 Å². The summed E-state index contributed by atoms with van der Waals surface area (Å²) in [7, 11) is 1.81. The van der Waals surface area contributed by atoms with Crippen LogP contribution in [0.15, 0.2) is 0 Å². The highest BCUT2D eigenvalue weighted by Gasteiger charge is 2.55. The van der Waals surface area contributed by atoms with Crippen molar-refractivity contribution in [3.63, 3.8) is 0 Å². The third-order valence-electron chi connectivity index (χ3n) is 3.39. The van der Waals surface area contributed by atoms with Gasteiger partial charge in [-0.3, -0.25) is 0 Å². The maximum atomic E-state index is 5.10. The van der Waals surface area contributed by atoms with Gasteiger partial charge in [-0.2, -0.15) is 0 Å². The summed E-state index contributed by atoms with van der Waals surface area (Å²) >= 11 is 0. The van der Waals surface area contributed by atoms with Crippen LogP contribution in [0.5, 0.6) is 0 Å². The number of rotatable bonds is 3. The van der Waals surface area contributed by atoms with Crippen LogP contribution in [0, 0.1) is 11.3 Å². The van der Waals surface area contributed by atoms with Crippen LogP contribution in [-0.4, -0.2) is 13.7 Å². The van der Waals surface area contributed by atoms with E-state index in [1.54, 1.807) is 0 Å². The molecule has 1 heteroatoms. The molecule has 0 spiro atoms. The Morgan fingerprint density at radius 1 is 1.60 bits per heavy atom. The second kappa shape index (κ2) is 2.23. The fourth-order valence-electron chi connectivity index (χ4n) is 2.58. The highest BCUT2D eigenvalue weighted by atomic mass is 16.5. The van der Waals surface area contributed by atoms with Crippen LogP contribution < -0.4 is 0 Å².